The summed E-state index contributed by atoms with van der Waals surface area (Å²) in [6.45, 7) is 0.937. The first-order chi connectivity index (χ1) is 10.8. The van der Waals surface area contributed by atoms with Crippen LogP contribution in [-0.4, -0.2) is 49.9 Å². The van der Waals surface area contributed by atoms with Crippen LogP contribution in [0.1, 0.15) is 0 Å². The van der Waals surface area contributed by atoms with E-state index in [2.05, 4.69) is 30.7 Å². The lowest BCUT2D eigenvalue weighted by molar-refractivity contribution is 0.342. The average Bonchev–Trinajstić information content (AvgIpc) is 3.14. The van der Waals surface area contributed by atoms with Gasteiger partial charge in [0.25, 0.3) is 0 Å². The smallest absolute Gasteiger partial charge is 0.154 e. The van der Waals surface area contributed by atoms with Crippen LogP contribution in [0.3, 0.4) is 0 Å². The number of nitrogens with one attached hydrogen (secondary N) is 2. The molecule has 4 rings (SSSR count). The van der Waals surface area contributed by atoms with Crippen molar-refractivity contribution in [1.29, 1.82) is 0 Å². The summed E-state index contributed by atoms with van der Waals surface area (Å²) < 4.78 is 15.4. The van der Waals surface area contributed by atoms with Gasteiger partial charge in [0, 0.05) is 19.3 Å². The number of halogens is 1. The van der Waals surface area contributed by atoms with E-state index in [1.54, 1.807) is 29.3 Å². The molecule has 4 heterocycles. The molecule has 2 unspecified atom stereocenters. The molecule has 112 valence electrons. The topological polar surface area (TPSA) is 80.0 Å². The first-order valence-electron chi connectivity index (χ1n) is 7.04. The maximum Gasteiger partial charge on any atom is 0.154 e. The molecule has 0 aromatic carbocycles. The summed E-state index contributed by atoms with van der Waals surface area (Å²) in [5.74, 6) is 0.541. The largest absolute Gasteiger partial charge is 0.362 e. The van der Waals surface area contributed by atoms with Gasteiger partial charge in [-0.3, -0.25) is 4.98 Å². The molecule has 0 amide bonds. The molecule has 22 heavy (non-hydrogen) atoms. The first kappa shape index (κ1) is 13.1. The fourth-order valence-electron chi connectivity index (χ4n) is 2.54. The van der Waals surface area contributed by atoms with Gasteiger partial charge in [-0.05, 0) is 12.1 Å². The third kappa shape index (κ3) is 2.27. The highest BCUT2D eigenvalue weighted by molar-refractivity contribution is 5.59. The van der Waals surface area contributed by atoms with E-state index >= 15 is 0 Å². The van der Waals surface area contributed by atoms with Crippen LogP contribution >= 0.6 is 0 Å². The highest BCUT2D eigenvalue weighted by Gasteiger charge is 2.26. The third-order valence-electron chi connectivity index (χ3n) is 3.65. The van der Waals surface area contributed by atoms with Gasteiger partial charge in [-0.2, -0.15) is 5.10 Å². The molecule has 2 N–H and O–H groups in total. The van der Waals surface area contributed by atoms with Crippen LogP contribution in [0.15, 0.2) is 36.9 Å². The van der Waals surface area contributed by atoms with Gasteiger partial charge in [-0.25, -0.2) is 18.9 Å². The molecule has 0 bridgehead atoms. The Bertz CT molecular complexity index is 802. The molecule has 0 spiro atoms. The Morgan fingerprint density at radius 3 is 3.09 bits per heavy atom. The van der Waals surface area contributed by atoms with Crippen molar-refractivity contribution in [3.63, 3.8) is 0 Å². The number of nitrogens with zero attached hydrogens (tertiary/aromatic N) is 5. The number of anilines is 1. The predicted molar refractivity (Wildman–Crippen MR) is 79.2 cm³/mol. The van der Waals surface area contributed by atoms with E-state index in [0.717, 1.165) is 11.3 Å². The average molecular weight is 299 g/mol. The summed E-state index contributed by atoms with van der Waals surface area (Å²) in [6.07, 6.45) is 5.69. The van der Waals surface area contributed by atoms with Gasteiger partial charge in [-0.1, -0.05) is 0 Å². The van der Waals surface area contributed by atoms with Crippen molar-refractivity contribution in [2.24, 2.45) is 0 Å². The van der Waals surface area contributed by atoms with E-state index in [1.165, 1.54) is 0 Å². The molecule has 3 aromatic heterocycles. The van der Waals surface area contributed by atoms with Crippen LogP contribution in [0.25, 0.3) is 17.0 Å². The number of rotatable bonds is 3. The summed E-state index contributed by atoms with van der Waals surface area (Å²) in [7, 11) is 0. The van der Waals surface area contributed by atoms with Crippen molar-refractivity contribution in [2.75, 3.05) is 18.4 Å². The van der Waals surface area contributed by atoms with E-state index in [9.17, 15) is 4.39 Å². The van der Waals surface area contributed by atoms with Crippen molar-refractivity contribution >= 4 is 11.5 Å². The van der Waals surface area contributed by atoms with Gasteiger partial charge in [0.15, 0.2) is 5.65 Å². The Balaban J connectivity index is 1.67. The molecule has 3 aromatic rings. The maximum absolute atomic E-state index is 13.7. The zero-order valence-electron chi connectivity index (χ0n) is 11.6. The van der Waals surface area contributed by atoms with Crippen molar-refractivity contribution in [1.82, 2.24) is 29.9 Å². The number of fused-ring (bicyclic) bond motifs is 1. The minimum atomic E-state index is -0.928. The number of hydrogen-bond donors (Lipinski definition) is 2. The zero-order chi connectivity index (χ0) is 14.9. The van der Waals surface area contributed by atoms with Crippen LogP contribution in [0, 0.1) is 0 Å². The van der Waals surface area contributed by atoms with Crippen LogP contribution in [-0.2, 0) is 0 Å². The standard InChI is InChI=1S/C14H14FN7/c15-9-4-16-5-10(9)20-13-8-17-6-11(21-13)12-7-18-14-2-1-3-19-22(12)14/h1-3,6-10,16H,4-5H2,(H,20,21). The first-order valence-corrected chi connectivity index (χ1v) is 7.04. The Hall–Kier alpha value is -2.61. The Morgan fingerprint density at radius 1 is 1.27 bits per heavy atom. The fourth-order valence-corrected chi connectivity index (χ4v) is 2.54. The van der Waals surface area contributed by atoms with Crippen LogP contribution in [0.4, 0.5) is 10.2 Å². The summed E-state index contributed by atoms with van der Waals surface area (Å²) >= 11 is 0. The van der Waals surface area contributed by atoms with E-state index in [4.69, 9.17) is 0 Å². The molecule has 7 nitrogen and oxygen atoms in total. The molecule has 1 aliphatic rings. The predicted octanol–water partition coefficient (Wildman–Crippen LogP) is 0.908. The second-order valence-corrected chi connectivity index (χ2v) is 5.15. The number of aromatic nitrogens is 5. The molecule has 1 aliphatic heterocycles. The van der Waals surface area contributed by atoms with Crippen LogP contribution < -0.4 is 10.6 Å². The molecule has 8 heteroatoms. The number of hydrogen-bond acceptors (Lipinski definition) is 6. The number of imidazole rings is 1. The zero-order valence-corrected chi connectivity index (χ0v) is 11.6. The van der Waals surface area contributed by atoms with Crippen LogP contribution in [0.2, 0.25) is 0 Å². The summed E-state index contributed by atoms with van der Waals surface area (Å²) in [6, 6.07) is 3.40. The summed E-state index contributed by atoms with van der Waals surface area (Å²) in [5, 5.41) is 10.3. The molecule has 0 radical (unpaired) electrons. The molecule has 2 atom stereocenters. The second kappa shape index (κ2) is 5.30. The lowest BCUT2D eigenvalue weighted by atomic mass is 10.2. The lowest BCUT2D eigenvalue weighted by Crippen LogP contribution is -2.29. The molecule has 1 saturated heterocycles. The van der Waals surface area contributed by atoms with Crippen molar-refractivity contribution in [3.8, 4) is 11.4 Å². The highest BCUT2D eigenvalue weighted by Crippen LogP contribution is 2.19. The second-order valence-electron chi connectivity index (χ2n) is 5.15. The Labute approximate surface area is 125 Å². The van der Waals surface area contributed by atoms with Crippen molar-refractivity contribution in [3.05, 3.63) is 36.9 Å². The van der Waals surface area contributed by atoms with Gasteiger partial charge < -0.3 is 10.6 Å². The van der Waals surface area contributed by atoms with Crippen LogP contribution in [0.5, 0.6) is 0 Å². The fraction of sp³-hybridized carbons (Fsp3) is 0.286. The quantitative estimate of drug-likeness (QED) is 0.748. The van der Waals surface area contributed by atoms with E-state index in [1.807, 2.05) is 12.1 Å². The van der Waals surface area contributed by atoms with E-state index < -0.39 is 6.17 Å². The SMILES string of the molecule is FC1CNCC1Nc1cncc(-c2cnc3cccnn23)n1. The summed E-state index contributed by atoms with van der Waals surface area (Å²) in [4.78, 5) is 13.0. The highest BCUT2D eigenvalue weighted by atomic mass is 19.1. The molecule has 0 saturated carbocycles. The van der Waals surface area contributed by atoms with Crippen molar-refractivity contribution in [2.45, 2.75) is 12.2 Å². The van der Waals surface area contributed by atoms with E-state index in [-0.39, 0.29) is 6.04 Å². The maximum atomic E-state index is 13.7. The molecular weight excluding hydrogens is 285 g/mol. The molecule has 1 fully saturated rings. The van der Waals surface area contributed by atoms with Crippen molar-refractivity contribution < 1.29 is 4.39 Å². The van der Waals surface area contributed by atoms with E-state index in [0.29, 0.717) is 24.6 Å². The van der Waals surface area contributed by atoms with Gasteiger partial charge in [0.2, 0.25) is 0 Å². The molecule has 0 aliphatic carbocycles. The lowest BCUT2D eigenvalue weighted by Gasteiger charge is -2.14. The normalized spacial score (nSPS) is 21.3. The third-order valence-corrected chi connectivity index (χ3v) is 3.65. The van der Waals surface area contributed by atoms with Gasteiger partial charge in [0.05, 0.1) is 24.6 Å². The number of alkyl halides is 1. The van der Waals surface area contributed by atoms with Gasteiger partial charge in [0.1, 0.15) is 23.4 Å². The summed E-state index contributed by atoms with van der Waals surface area (Å²) in [5.41, 5.74) is 2.12. The van der Waals surface area contributed by atoms with Gasteiger partial charge >= 0.3 is 0 Å². The molecular formula is C14H14FN7. The minimum Gasteiger partial charge on any atom is -0.362 e. The Morgan fingerprint density at radius 2 is 2.23 bits per heavy atom. The van der Waals surface area contributed by atoms with Gasteiger partial charge in [-0.15, -0.1) is 0 Å². The monoisotopic (exact) mass is 299 g/mol. The minimum absolute atomic E-state index is 0.287. The Kier molecular flexibility index (Phi) is 3.15.